The van der Waals surface area contributed by atoms with Crippen LogP contribution < -0.4 is 10.6 Å². The Morgan fingerprint density at radius 1 is 1.17 bits per heavy atom. The monoisotopic (exact) mass is 313 g/mol. The van der Waals surface area contributed by atoms with Crippen LogP contribution in [0, 0.1) is 17.0 Å². The fraction of sp³-hybridized carbons (Fsp3) is 0.235. The van der Waals surface area contributed by atoms with Crippen molar-refractivity contribution >= 4 is 17.3 Å². The molecule has 0 radical (unpaired) electrons. The Hall–Kier alpha value is -2.73. The molecule has 23 heavy (non-hydrogen) atoms. The van der Waals surface area contributed by atoms with Crippen LogP contribution in [0.5, 0.6) is 0 Å². The number of hydrogen-bond acceptors (Lipinski definition) is 4. The van der Waals surface area contributed by atoms with Crippen molar-refractivity contribution in [1.82, 2.24) is 5.32 Å². The van der Waals surface area contributed by atoms with Crippen LogP contribution in [0.4, 0.5) is 11.4 Å². The zero-order valence-electron chi connectivity index (χ0n) is 13.1. The summed E-state index contributed by atoms with van der Waals surface area (Å²) < 4.78 is 0. The Labute approximate surface area is 134 Å². The first-order valence-corrected chi connectivity index (χ1v) is 7.31. The van der Waals surface area contributed by atoms with Crippen molar-refractivity contribution in [2.24, 2.45) is 0 Å². The van der Waals surface area contributed by atoms with E-state index in [-0.39, 0.29) is 29.9 Å². The molecule has 0 aliphatic heterocycles. The minimum atomic E-state index is -0.497. The molecule has 1 amide bonds. The van der Waals surface area contributed by atoms with Crippen LogP contribution in [-0.2, 0) is 4.79 Å². The summed E-state index contributed by atoms with van der Waals surface area (Å²) in [5.41, 5.74) is 1.87. The van der Waals surface area contributed by atoms with Crippen LogP contribution >= 0.6 is 0 Å². The van der Waals surface area contributed by atoms with Gasteiger partial charge in [-0.1, -0.05) is 42.5 Å². The summed E-state index contributed by atoms with van der Waals surface area (Å²) in [6, 6.07) is 14.5. The average Bonchev–Trinajstić information content (AvgIpc) is 2.55. The molecule has 120 valence electrons. The molecule has 2 aromatic rings. The van der Waals surface area contributed by atoms with E-state index in [0.717, 1.165) is 5.56 Å². The molecule has 0 saturated carbocycles. The van der Waals surface area contributed by atoms with Crippen LogP contribution in [0.25, 0.3) is 0 Å². The van der Waals surface area contributed by atoms with Gasteiger partial charge in [0, 0.05) is 12.1 Å². The number of carbonyl (C=O) groups excluding carboxylic acids is 1. The van der Waals surface area contributed by atoms with Crippen LogP contribution in [0.15, 0.2) is 48.5 Å². The van der Waals surface area contributed by atoms with E-state index in [1.54, 1.807) is 19.1 Å². The zero-order valence-corrected chi connectivity index (χ0v) is 13.1. The molecule has 0 bridgehead atoms. The number of rotatable bonds is 6. The number of nitrogens with zero attached hydrogens (tertiary/aromatic N) is 1. The third kappa shape index (κ3) is 4.37. The predicted octanol–water partition coefficient (Wildman–Crippen LogP) is 3.19. The Kier molecular flexibility index (Phi) is 5.43. The number of nitro groups is 1. The molecule has 0 spiro atoms. The van der Waals surface area contributed by atoms with Gasteiger partial charge in [0.05, 0.1) is 11.5 Å². The highest BCUT2D eigenvalue weighted by molar-refractivity contribution is 5.95. The van der Waals surface area contributed by atoms with Crippen molar-refractivity contribution in [2.75, 3.05) is 11.9 Å². The second-order valence-electron chi connectivity index (χ2n) is 5.29. The van der Waals surface area contributed by atoms with E-state index >= 15 is 0 Å². The number of aryl methyl sites for hydroxylation is 1. The Morgan fingerprint density at radius 3 is 2.52 bits per heavy atom. The molecule has 6 heteroatoms. The normalized spacial score (nSPS) is 11.7. The lowest BCUT2D eigenvalue weighted by atomic mass is 10.1. The summed E-state index contributed by atoms with van der Waals surface area (Å²) >= 11 is 0. The SMILES string of the molecule is Cc1cccc([N+](=O)[O-])c1NC(=O)CN[C@H](C)c1ccccc1. The van der Waals surface area contributed by atoms with Crippen molar-refractivity contribution in [3.63, 3.8) is 0 Å². The lowest BCUT2D eigenvalue weighted by Crippen LogP contribution is -2.30. The van der Waals surface area contributed by atoms with Crippen LogP contribution in [0.2, 0.25) is 0 Å². The van der Waals surface area contributed by atoms with Gasteiger partial charge in [0.1, 0.15) is 5.69 Å². The first-order valence-electron chi connectivity index (χ1n) is 7.31. The highest BCUT2D eigenvalue weighted by atomic mass is 16.6. The predicted molar refractivity (Wildman–Crippen MR) is 89.3 cm³/mol. The molecule has 1 atom stereocenters. The van der Waals surface area contributed by atoms with E-state index < -0.39 is 4.92 Å². The maximum absolute atomic E-state index is 12.1. The molecule has 2 N–H and O–H groups in total. The number of benzene rings is 2. The zero-order chi connectivity index (χ0) is 16.8. The molecule has 0 aliphatic rings. The third-order valence-corrected chi connectivity index (χ3v) is 3.58. The van der Waals surface area contributed by atoms with Crippen molar-refractivity contribution in [2.45, 2.75) is 19.9 Å². The highest BCUT2D eigenvalue weighted by Crippen LogP contribution is 2.27. The summed E-state index contributed by atoms with van der Waals surface area (Å²) in [7, 11) is 0. The lowest BCUT2D eigenvalue weighted by Gasteiger charge is -2.14. The van der Waals surface area contributed by atoms with E-state index in [9.17, 15) is 14.9 Å². The minimum Gasteiger partial charge on any atom is -0.319 e. The summed E-state index contributed by atoms with van der Waals surface area (Å²) in [6.07, 6.45) is 0. The first-order chi connectivity index (χ1) is 11.0. The van der Waals surface area contributed by atoms with Gasteiger partial charge >= 0.3 is 0 Å². The summed E-state index contributed by atoms with van der Waals surface area (Å²) in [6.45, 7) is 3.75. The molecule has 0 saturated heterocycles. The van der Waals surface area contributed by atoms with Crippen molar-refractivity contribution in [3.8, 4) is 0 Å². The number of amides is 1. The molecular formula is C17H19N3O3. The van der Waals surface area contributed by atoms with Crippen molar-refractivity contribution < 1.29 is 9.72 Å². The average molecular weight is 313 g/mol. The molecule has 2 rings (SSSR count). The maximum Gasteiger partial charge on any atom is 0.293 e. The number of nitrogens with one attached hydrogen (secondary N) is 2. The number of hydrogen-bond donors (Lipinski definition) is 2. The van der Waals surface area contributed by atoms with Crippen molar-refractivity contribution in [3.05, 3.63) is 69.8 Å². The first kappa shape index (κ1) is 16.6. The molecule has 0 unspecified atom stereocenters. The minimum absolute atomic E-state index is 0.00815. The number of carbonyl (C=O) groups is 1. The Morgan fingerprint density at radius 2 is 1.87 bits per heavy atom. The van der Waals surface area contributed by atoms with Gasteiger partial charge in [-0.05, 0) is 25.0 Å². The maximum atomic E-state index is 12.1. The van der Waals surface area contributed by atoms with Gasteiger partial charge in [-0.2, -0.15) is 0 Å². The van der Waals surface area contributed by atoms with Gasteiger partial charge in [-0.3, -0.25) is 14.9 Å². The molecule has 0 aromatic heterocycles. The largest absolute Gasteiger partial charge is 0.319 e. The smallest absolute Gasteiger partial charge is 0.293 e. The molecule has 0 fully saturated rings. The third-order valence-electron chi connectivity index (χ3n) is 3.58. The van der Waals surface area contributed by atoms with Crippen LogP contribution in [-0.4, -0.2) is 17.4 Å². The molecular weight excluding hydrogens is 294 g/mol. The number of para-hydroxylation sites is 1. The standard InChI is InChI=1S/C17H19N3O3/c1-12-7-6-10-15(20(22)23)17(12)19-16(21)11-18-13(2)14-8-4-3-5-9-14/h3-10,13,18H,11H2,1-2H3,(H,19,21)/t13-/m1/s1. The second kappa shape index (κ2) is 7.51. The Bertz CT molecular complexity index is 701. The van der Waals surface area contributed by atoms with Gasteiger partial charge < -0.3 is 10.6 Å². The molecule has 6 nitrogen and oxygen atoms in total. The summed E-state index contributed by atoms with van der Waals surface area (Å²) in [5, 5.41) is 16.8. The van der Waals surface area contributed by atoms with Gasteiger partial charge in [0.15, 0.2) is 0 Å². The number of anilines is 1. The van der Waals surface area contributed by atoms with E-state index in [1.807, 2.05) is 37.3 Å². The van der Waals surface area contributed by atoms with E-state index in [2.05, 4.69) is 10.6 Å². The summed E-state index contributed by atoms with van der Waals surface area (Å²) in [4.78, 5) is 22.6. The van der Waals surface area contributed by atoms with E-state index in [0.29, 0.717) is 5.56 Å². The quantitative estimate of drug-likeness (QED) is 0.633. The van der Waals surface area contributed by atoms with Crippen molar-refractivity contribution in [1.29, 1.82) is 0 Å². The topological polar surface area (TPSA) is 84.3 Å². The summed E-state index contributed by atoms with van der Waals surface area (Å²) in [5.74, 6) is -0.315. The molecule has 0 aliphatic carbocycles. The van der Waals surface area contributed by atoms with Gasteiger partial charge in [0.25, 0.3) is 5.69 Å². The van der Waals surface area contributed by atoms with E-state index in [1.165, 1.54) is 6.07 Å². The van der Waals surface area contributed by atoms with E-state index in [4.69, 9.17) is 0 Å². The van der Waals surface area contributed by atoms with Crippen LogP contribution in [0.3, 0.4) is 0 Å². The fourth-order valence-corrected chi connectivity index (χ4v) is 2.26. The van der Waals surface area contributed by atoms with Crippen LogP contribution in [0.1, 0.15) is 24.1 Å². The molecule has 0 heterocycles. The highest BCUT2D eigenvalue weighted by Gasteiger charge is 2.17. The van der Waals surface area contributed by atoms with Gasteiger partial charge in [0.2, 0.25) is 5.91 Å². The second-order valence-corrected chi connectivity index (χ2v) is 5.29. The van der Waals surface area contributed by atoms with Gasteiger partial charge in [-0.15, -0.1) is 0 Å². The fourth-order valence-electron chi connectivity index (χ4n) is 2.26. The Balaban J connectivity index is 1.99. The van der Waals surface area contributed by atoms with Gasteiger partial charge in [-0.25, -0.2) is 0 Å². The molecule has 2 aromatic carbocycles. The number of nitro benzene ring substituents is 1. The lowest BCUT2D eigenvalue weighted by molar-refractivity contribution is -0.384.